The fourth-order valence-electron chi connectivity index (χ4n) is 5.07. The number of halogens is 1. The largest absolute Gasteiger partial charge is 0.379 e. The zero-order valence-corrected chi connectivity index (χ0v) is 22.5. The Labute approximate surface area is 205 Å². The van der Waals surface area contributed by atoms with Crippen LogP contribution in [0.3, 0.4) is 0 Å². The number of hydrogen-bond donors (Lipinski definition) is 2. The summed E-state index contributed by atoms with van der Waals surface area (Å²) >= 11 is 0. The first-order valence-electron chi connectivity index (χ1n) is 11.8. The van der Waals surface area contributed by atoms with Gasteiger partial charge < -0.3 is 15.4 Å². The van der Waals surface area contributed by atoms with E-state index in [0.29, 0.717) is 0 Å². The van der Waals surface area contributed by atoms with E-state index in [2.05, 4.69) is 48.3 Å². The molecule has 1 aromatic heterocycles. The molecule has 0 amide bonds. The Morgan fingerprint density at radius 3 is 2.45 bits per heavy atom. The van der Waals surface area contributed by atoms with Gasteiger partial charge in [-0.15, -0.1) is 24.0 Å². The van der Waals surface area contributed by atoms with Gasteiger partial charge in [-0.3, -0.25) is 14.6 Å². The van der Waals surface area contributed by atoms with Gasteiger partial charge in [-0.1, -0.05) is 19.3 Å². The molecule has 0 spiro atoms. The van der Waals surface area contributed by atoms with Gasteiger partial charge in [0.05, 0.1) is 25.5 Å². The van der Waals surface area contributed by atoms with Gasteiger partial charge in [0.1, 0.15) is 0 Å². The van der Waals surface area contributed by atoms with Crippen LogP contribution in [-0.2, 0) is 18.2 Å². The van der Waals surface area contributed by atoms with E-state index >= 15 is 0 Å². The summed E-state index contributed by atoms with van der Waals surface area (Å²) in [6, 6.07) is 0.287. The van der Waals surface area contributed by atoms with E-state index in [0.717, 1.165) is 57.5 Å². The number of aromatic nitrogens is 2. The fourth-order valence-corrected chi connectivity index (χ4v) is 5.07. The summed E-state index contributed by atoms with van der Waals surface area (Å²) in [7, 11) is 2.02. The number of aryl methyl sites for hydroxylation is 2. The summed E-state index contributed by atoms with van der Waals surface area (Å²) in [4.78, 5) is 7.77. The summed E-state index contributed by atoms with van der Waals surface area (Å²) in [5.41, 5.74) is 3.91. The molecule has 7 nitrogen and oxygen atoms in total. The van der Waals surface area contributed by atoms with Crippen LogP contribution in [0.25, 0.3) is 0 Å². The van der Waals surface area contributed by atoms with Gasteiger partial charge in [-0.2, -0.15) is 5.10 Å². The van der Waals surface area contributed by atoms with Crippen molar-refractivity contribution in [3.05, 3.63) is 17.0 Å². The van der Waals surface area contributed by atoms with E-state index < -0.39 is 0 Å². The third-order valence-electron chi connectivity index (χ3n) is 6.89. The second-order valence-corrected chi connectivity index (χ2v) is 9.10. The lowest BCUT2D eigenvalue weighted by Gasteiger charge is -2.47. The highest BCUT2D eigenvalue weighted by atomic mass is 127. The third kappa shape index (κ3) is 6.81. The Kier molecular flexibility index (Phi) is 10.5. The molecule has 2 fully saturated rings. The quantitative estimate of drug-likeness (QED) is 0.313. The molecule has 178 valence electrons. The Morgan fingerprint density at radius 2 is 1.87 bits per heavy atom. The van der Waals surface area contributed by atoms with Gasteiger partial charge in [0.2, 0.25) is 0 Å². The molecule has 1 unspecified atom stereocenters. The minimum atomic E-state index is 0. The highest BCUT2D eigenvalue weighted by Crippen LogP contribution is 2.34. The molecule has 2 heterocycles. The van der Waals surface area contributed by atoms with Crippen molar-refractivity contribution in [3.8, 4) is 0 Å². The average Bonchev–Trinajstić information content (AvgIpc) is 2.99. The monoisotopic (exact) mass is 546 g/mol. The number of hydrogen-bond acceptors (Lipinski definition) is 4. The number of rotatable bonds is 7. The fraction of sp³-hybridized carbons (Fsp3) is 0.826. The molecule has 8 heteroatoms. The third-order valence-corrected chi connectivity index (χ3v) is 6.89. The second-order valence-electron chi connectivity index (χ2n) is 9.10. The zero-order valence-electron chi connectivity index (χ0n) is 20.2. The van der Waals surface area contributed by atoms with Crippen LogP contribution in [0.15, 0.2) is 4.99 Å². The summed E-state index contributed by atoms with van der Waals surface area (Å²) < 4.78 is 7.60. The summed E-state index contributed by atoms with van der Waals surface area (Å²) in [5.74, 6) is 0.933. The van der Waals surface area contributed by atoms with Crippen molar-refractivity contribution >= 4 is 29.9 Å². The van der Waals surface area contributed by atoms with Crippen molar-refractivity contribution < 1.29 is 4.74 Å². The molecule has 1 saturated carbocycles. The van der Waals surface area contributed by atoms with Crippen LogP contribution in [0.5, 0.6) is 0 Å². The van der Waals surface area contributed by atoms with Crippen molar-refractivity contribution in [2.45, 2.75) is 77.8 Å². The van der Waals surface area contributed by atoms with Gasteiger partial charge in [-0.25, -0.2) is 0 Å². The number of nitrogens with one attached hydrogen (secondary N) is 2. The summed E-state index contributed by atoms with van der Waals surface area (Å²) in [5, 5.41) is 11.7. The van der Waals surface area contributed by atoms with E-state index in [1.807, 2.05) is 11.7 Å². The number of guanidine groups is 1. The first kappa shape index (κ1) is 26.4. The minimum Gasteiger partial charge on any atom is -0.379 e. The van der Waals surface area contributed by atoms with Crippen molar-refractivity contribution in [2.75, 3.05) is 39.4 Å². The normalized spacial score (nSPS) is 20.7. The van der Waals surface area contributed by atoms with Gasteiger partial charge in [0, 0.05) is 44.0 Å². The van der Waals surface area contributed by atoms with E-state index in [1.165, 1.54) is 43.4 Å². The van der Waals surface area contributed by atoms with Crippen LogP contribution in [0.1, 0.15) is 62.9 Å². The van der Waals surface area contributed by atoms with Gasteiger partial charge >= 0.3 is 0 Å². The van der Waals surface area contributed by atoms with Gasteiger partial charge in [-0.05, 0) is 52.5 Å². The molecular weight excluding hydrogens is 503 g/mol. The topological polar surface area (TPSA) is 66.7 Å². The van der Waals surface area contributed by atoms with E-state index in [4.69, 9.17) is 9.73 Å². The van der Waals surface area contributed by atoms with Crippen LogP contribution < -0.4 is 10.6 Å². The lowest BCUT2D eigenvalue weighted by molar-refractivity contribution is -0.0333. The van der Waals surface area contributed by atoms with Crippen molar-refractivity contribution in [2.24, 2.45) is 12.0 Å². The maximum absolute atomic E-state index is 5.62. The highest BCUT2D eigenvalue weighted by molar-refractivity contribution is 14.0. The highest BCUT2D eigenvalue weighted by Gasteiger charge is 2.38. The molecule has 31 heavy (non-hydrogen) atoms. The standard InChI is InChI=1S/C23H42N6O.HI/c1-6-24-22(26-18(2)16-21-19(3)27-28(5)20(21)4)25-17-23(10-8-7-9-11-23)29-12-14-30-15-13-29;/h18H,6-17H2,1-5H3,(H2,24,25,26);1H. The van der Waals surface area contributed by atoms with E-state index in [9.17, 15) is 0 Å². The van der Waals surface area contributed by atoms with Crippen molar-refractivity contribution in [3.63, 3.8) is 0 Å². The first-order chi connectivity index (χ1) is 14.4. The molecule has 2 N–H and O–H groups in total. The Balaban J connectivity index is 0.00000341. The maximum Gasteiger partial charge on any atom is 0.191 e. The van der Waals surface area contributed by atoms with Crippen LogP contribution in [0, 0.1) is 13.8 Å². The van der Waals surface area contributed by atoms with Crippen LogP contribution in [0.2, 0.25) is 0 Å². The van der Waals surface area contributed by atoms with Crippen LogP contribution >= 0.6 is 24.0 Å². The lowest BCUT2D eigenvalue weighted by Crippen LogP contribution is -2.57. The molecule has 1 saturated heterocycles. The first-order valence-corrected chi connectivity index (χ1v) is 11.8. The molecule has 3 rings (SSSR count). The molecule has 1 atom stereocenters. The van der Waals surface area contributed by atoms with Crippen molar-refractivity contribution in [1.29, 1.82) is 0 Å². The van der Waals surface area contributed by atoms with Gasteiger partial charge in [0.15, 0.2) is 5.96 Å². The SMILES string of the molecule is CCNC(=NCC1(N2CCOCC2)CCCCC1)NC(C)Cc1c(C)nn(C)c1C.I. The second kappa shape index (κ2) is 12.4. The number of aliphatic imine (C=N–C) groups is 1. The lowest BCUT2D eigenvalue weighted by atomic mass is 9.80. The number of nitrogens with zero attached hydrogens (tertiary/aromatic N) is 4. The molecule has 1 aliphatic carbocycles. The molecular formula is C23H43IN6O. The van der Waals surface area contributed by atoms with Crippen molar-refractivity contribution in [1.82, 2.24) is 25.3 Å². The van der Waals surface area contributed by atoms with Crippen LogP contribution in [0.4, 0.5) is 0 Å². The smallest absolute Gasteiger partial charge is 0.191 e. The molecule has 0 bridgehead atoms. The Bertz CT molecular complexity index is 707. The number of ether oxygens (including phenoxy) is 1. The molecule has 2 aliphatic rings. The Hall–Kier alpha value is -0.870. The molecule has 0 aromatic carbocycles. The van der Waals surface area contributed by atoms with Gasteiger partial charge in [0.25, 0.3) is 0 Å². The molecule has 1 aromatic rings. The predicted molar refractivity (Wildman–Crippen MR) is 139 cm³/mol. The maximum atomic E-state index is 5.62. The number of morpholine rings is 1. The minimum absolute atomic E-state index is 0. The zero-order chi connectivity index (χ0) is 21.6. The van der Waals surface area contributed by atoms with E-state index in [1.54, 1.807) is 0 Å². The predicted octanol–water partition coefficient (Wildman–Crippen LogP) is 3.18. The summed E-state index contributed by atoms with van der Waals surface area (Å²) in [6.45, 7) is 14.1. The molecule has 0 radical (unpaired) electrons. The van der Waals surface area contributed by atoms with Crippen LogP contribution in [-0.4, -0.2) is 71.6 Å². The van der Waals surface area contributed by atoms with E-state index in [-0.39, 0.29) is 35.6 Å². The Morgan fingerprint density at radius 1 is 1.19 bits per heavy atom. The summed E-state index contributed by atoms with van der Waals surface area (Å²) in [6.07, 6.45) is 7.43. The average molecular weight is 547 g/mol. The molecule has 1 aliphatic heterocycles.